The highest BCUT2D eigenvalue weighted by molar-refractivity contribution is 8.26. The number of thiocarbonyl (C=S) groups is 1. The summed E-state index contributed by atoms with van der Waals surface area (Å²) in [5, 5.41) is 13.9. The fourth-order valence-electron chi connectivity index (χ4n) is 4.62. The van der Waals surface area contributed by atoms with E-state index >= 15 is 0 Å². The van der Waals surface area contributed by atoms with Gasteiger partial charge >= 0.3 is 5.97 Å². The molecule has 13 heteroatoms. The maximum atomic E-state index is 13.6. The van der Waals surface area contributed by atoms with E-state index in [4.69, 9.17) is 27.2 Å². The van der Waals surface area contributed by atoms with Crippen LogP contribution in [0.1, 0.15) is 19.4 Å². The van der Waals surface area contributed by atoms with Crippen molar-refractivity contribution in [3.8, 4) is 16.9 Å². The highest BCUT2D eigenvalue weighted by atomic mass is 32.2. The summed E-state index contributed by atoms with van der Waals surface area (Å²) in [4.78, 5) is 25.6. The Morgan fingerprint density at radius 3 is 2.52 bits per heavy atom. The number of nitrogens with zero attached hydrogens (tertiary/aromatic N) is 4. The monoisotopic (exact) mass is 598 g/mol. The van der Waals surface area contributed by atoms with Crippen molar-refractivity contribution in [2.45, 2.75) is 31.0 Å². The first-order chi connectivity index (χ1) is 19.0. The van der Waals surface area contributed by atoms with E-state index in [0.717, 1.165) is 22.3 Å². The molecule has 2 aliphatic rings. The zero-order chi connectivity index (χ0) is 28.6. The van der Waals surface area contributed by atoms with E-state index in [9.17, 15) is 18.0 Å². The molecule has 0 bridgehead atoms. The van der Waals surface area contributed by atoms with Gasteiger partial charge in [0.25, 0.3) is 5.91 Å². The van der Waals surface area contributed by atoms with Crippen molar-refractivity contribution in [1.82, 2.24) is 19.0 Å². The second-order valence-electron chi connectivity index (χ2n) is 9.48. The molecule has 2 saturated heterocycles. The van der Waals surface area contributed by atoms with E-state index in [1.807, 2.05) is 44.2 Å². The van der Waals surface area contributed by atoms with Gasteiger partial charge in [-0.25, -0.2) is 13.1 Å². The summed E-state index contributed by atoms with van der Waals surface area (Å²) in [6.07, 6.45) is 2.89. The number of ether oxygens (including phenoxy) is 1. The lowest BCUT2D eigenvalue weighted by Crippen LogP contribution is -2.48. The largest absolute Gasteiger partial charge is 0.480 e. The Hall–Kier alpha value is -3.36. The minimum absolute atomic E-state index is 0.124. The molecular formula is C27H26N4O6S3. The number of amides is 1. The van der Waals surface area contributed by atoms with Crippen LogP contribution in [-0.4, -0.2) is 80.5 Å². The smallest absolute Gasteiger partial charge is 0.323 e. The summed E-state index contributed by atoms with van der Waals surface area (Å²) < 4.78 is 36.1. The highest BCUT2D eigenvalue weighted by Crippen LogP contribution is 2.35. The number of benzene rings is 2. The molecule has 208 valence electrons. The molecule has 10 nitrogen and oxygen atoms in total. The molecule has 0 saturated carbocycles. The number of aromatic nitrogens is 2. The molecule has 2 atom stereocenters. The summed E-state index contributed by atoms with van der Waals surface area (Å²) in [5.74, 6) is -1.68. The van der Waals surface area contributed by atoms with Crippen LogP contribution in [0.15, 0.2) is 70.6 Å². The summed E-state index contributed by atoms with van der Waals surface area (Å²) in [7, 11) is -3.81. The molecule has 1 aromatic heterocycles. The summed E-state index contributed by atoms with van der Waals surface area (Å²) in [5.41, 5.74) is 2.30. The number of carbonyl (C=O) groups excluding carboxylic acids is 1. The molecule has 3 aromatic rings. The molecule has 2 aliphatic heterocycles. The highest BCUT2D eigenvalue weighted by Gasteiger charge is 2.34. The summed E-state index contributed by atoms with van der Waals surface area (Å²) in [6, 6.07) is 15.9. The zero-order valence-corrected chi connectivity index (χ0v) is 24.1. The first kappa shape index (κ1) is 28.2. The first-order valence-corrected chi connectivity index (χ1v) is 15.1. The summed E-state index contributed by atoms with van der Waals surface area (Å²) in [6.45, 7) is 3.66. The molecule has 2 fully saturated rings. The third-order valence-electron chi connectivity index (χ3n) is 6.35. The molecule has 3 heterocycles. The summed E-state index contributed by atoms with van der Waals surface area (Å²) >= 11 is 6.25. The lowest BCUT2D eigenvalue weighted by molar-refractivity contribution is -0.140. The van der Waals surface area contributed by atoms with E-state index in [1.165, 1.54) is 4.31 Å². The van der Waals surface area contributed by atoms with Crippen LogP contribution >= 0.6 is 24.0 Å². The number of rotatable bonds is 7. The van der Waals surface area contributed by atoms with Crippen molar-refractivity contribution in [3.05, 3.63) is 71.3 Å². The van der Waals surface area contributed by atoms with Gasteiger partial charge in [0.2, 0.25) is 10.0 Å². The predicted molar refractivity (Wildman–Crippen MR) is 155 cm³/mol. The number of sulfonamides is 1. The number of morpholine rings is 1. The number of thioether (sulfide) groups is 1. The van der Waals surface area contributed by atoms with Crippen LogP contribution in [-0.2, 0) is 24.3 Å². The standard InChI is InChI=1S/C27H26N4O6S3/c1-17-13-29(14-18(2)37-17)40(35,36)22-10-6-7-19(11-22)25-20(15-31(28-25)21-8-4-3-5-9-21)12-23-26(34)30(16-24(32)33)27(38)39-23/h3-12,15,17-18H,13-14,16H2,1-2H3,(H,32,33)/b23-12-. The van der Waals surface area contributed by atoms with E-state index in [-0.39, 0.29) is 39.4 Å². The van der Waals surface area contributed by atoms with E-state index in [1.54, 1.807) is 41.2 Å². The quantitative estimate of drug-likeness (QED) is 0.321. The second-order valence-corrected chi connectivity index (χ2v) is 13.1. The van der Waals surface area contributed by atoms with Crippen LogP contribution in [0.25, 0.3) is 23.0 Å². The predicted octanol–water partition coefficient (Wildman–Crippen LogP) is 3.62. The number of carboxylic acid groups (broad SMARTS) is 1. The van der Waals surface area contributed by atoms with Crippen LogP contribution < -0.4 is 0 Å². The molecule has 0 spiro atoms. The van der Waals surface area contributed by atoms with Gasteiger partial charge < -0.3 is 9.84 Å². The van der Waals surface area contributed by atoms with Crippen molar-refractivity contribution in [2.75, 3.05) is 19.6 Å². The van der Waals surface area contributed by atoms with Gasteiger partial charge in [-0.2, -0.15) is 9.40 Å². The lowest BCUT2D eigenvalue weighted by atomic mass is 10.1. The Kier molecular flexibility index (Phi) is 7.93. The van der Waals surface area contributed by atoms with Gasteiger partial charge in [-0.05, 0) is 44.2 Å². The maximum absolute atomic E-state index is 13.6. The third-order valence-corrected chi connectivity index (χ3v) is 9.55. The molecule has 2 unspecified atom stereocenters. The topological polar surface area (TPSA) is 122 Å². The SMILES string of the molecule is CC1CN(S(=O)(=O)c2cccc(-c3nn(-c4ccccc4)cc3/C=C3\SC(=S)N(CC(=O)O)C3=O)c2)CC(C)O1. The van der Waals surface area contributed by atoms with Crippen LogP contribution in [0.4, 0.5) is 0 Å². The van der Waals surface area contributed by atoms with E-state index in [2.05, 4.69) is 0 Å². The fourth-order valence-corrected chi connectivity index (χ4v) is 7.51. The molecule has 40 heavy (non-hydrogen) atoms. The molecule has 5 rings (SSSR count). The molecule has 1 N–H and O–H groups in total. The lowest BCUT2D eigenvalue weighted by Gasteiger charge is -2.34. The van der Waals surface area contributed by atoms with Gasteiger partial charge in [-0.15, -0.1) is 0 Å². The normalized spacial score (nSPS) is 21.4. The van der Waals surface area contributed by atoms with Crippen LogP contribution in [0, 0.1) is 0 Å². The van der Waals surface area contributed by atoms with Crippen molar-refractivity contribution >= 4 is 56.3 Å². The second kappa shape index (κ2) is 11.3. The number of para-hydroxylation sites is 1. The maximum Gasteiger partial charge on any atom is 0.323 e. The van der Waals surface area contributed by atoms with Crippen LogP contribution in [0.5, 0.6) is 0 Å². The van der Waals surface area contributed by atoms with Gasteiger partial charge in [0.05, 0.1) is 27.7 Å². The Morgan fingerprint density at radius 2 is 1.85 bits per heavy atom. The van der Waals surface area contributed by atoms with Crippen molar-refractivity contribution < 1.29 is 27.9 Å². The number of aliphatic carboxylic acids is 1. The first-order valence-electron chi connectivity index (χ1n) is 12.4. The van der Waals surface area contributed by atoms with Crippen molar-refractivity contribution in [1.29, 1.82) is 0 Å². The number of hydrogen-bond acceptors (Lipinski definition) is 8. The molecule has 2 aromatic carbocycles. The van der Waals surface area contributed by atoms with Gasteiger partial charge in [-0.3, -0.25) is 14.5 Å². The van der Waals surface area contributed by atoms with E-state index < -0.39 is 28.4 Å². The van der Waals surface area contributed by atoms with Crippen molar-refractivity contribution in [2.24, 2.45) is 0 Å². The fraction of sp³-hybridized carbons (Fsp3) is 0.259. The Morgan fingerprint density at radius 1 is 1.15 bits per heavy atom. The van der Waals surface area contributed by atoms with E-state index in [0.29, 0.717) is 16.8 Å². The average molecular weight is 599 g/mol. The molecule has 0 radical (unpaired) electrons. The zero-order valence-electron chi connectivity index (χ0n) is 21.6. The van der Waals surface area contributed by atoms with Gasteiger partial charge in [-0.1, -0.05) is 54.3 Å². The van der Waals surface area contributed by atoms with Gasteiger partial charge in [0.15, 0.2) is 0 Å². The minimum atomic E-state index is -3.81. The minimum Gasteiger partial charge on any atom is -0.480 e. The number of carbonyl (C=O) groups is 2. The number of hydrogen-bond donors (Lipinski definition) is 1. The third kappa shape index (κ3) is 5.74. The van der Waals surface area contributed by atoms with Crippen LogP contribution in [0.3, 0.4) is 0 Å². The van der Waals surface area contributed by atoms with Crippen molar-refractivity contribution in [3.63, 3.8) is 0 Å². The Bertz CT molecular complexity index is 1610. The number of carboxylic acids is 1. The van der Waals surface area contributed by atoms with Crippen LogP contribution in [0.2, 0.25) is 0 Å². The molecular weight excluding hydrogens is 573 g/mol. The average Bonchev–Trinajstić information content (AvgIpc) is 3.45. The molecule has 0 aliphatic carbocycles. The Labute approximate surface area is 241 Å². The molecule has 1 amide bonds. The van der Waals surface area contributed by atoms with Gasteiger partial charge in [0, 0.05) is 30.4 Å². The van der Waals surface area contributed by atoms with Gasteiger partial charge in [0.1, 0.15) is 16.6 Å². The Balaban J connectivity index is 1.57.